The summed E-state index contributed by atoms with van der Waals surface area (Å²) in [5.41, 5.74) is 3.73. The number of benzene rings is 2. The smallest absolute Gasteiger partial charge is 0.268 e. The number of hydrogen-bond donors (Lipinski definition) is 1. The molecule has 1 amide bonds. The van der Waals surface area contributed by atoms with Gasteiger partial charge in [0.05, 0.1) is 18.8 Å². The number of nitrogens with zero attached hydrogens (tertiary/aromatic N) is 1. The summed E-state index contributed by atoms with van der Waals surface area (Å²) in [5.74, 6) is 0.615. The summed E-state index contributed by atoms with van der Waals surface area (Å²) in [5, 5.41) is 9.33. The first-order chi connectivity index (χ1) is 10.6. The van der Waals surface area contributed by atoms with Crippen LogP contribution in [0.15, 0.2) is 42.5 Å². The van der Waals surface area contributed by atoms with E-state index in [-0.39, 0.29) is 12.5 Å². The number of anilines is 1. The van der Waals surface area contributed by atoms with Gasteiger partial charge in [-0.15, -0.1) is 0 Å². The van der Waals surface area contributed by atoms with E-state index in [2.05, 4.69) is 0 Å². The van der Waals surface area contributed by atoms with Crippen LogP contribution in [0.5, 0.6) is 5.75 Å². The lowest BCUT2D eigenvalue weighted by atomic mass is 10.1. The van der Waals surface area contributed by atoms with Crippen LogP contribution in [-0.4, -0.2) is 17.1 Å². The Morgan fingerprint density at radius 2 is 2.00 bits per heavy atom. The average Bonchev–Trinajstić information content (AvgIpc) is 2.53. The van der Waals surface area contributed by atoms with Crippen LogP contribution in [0.3, 0.4) is 0 Å². The molecule has 1 unspecified atom stereocenters. The highest BCUT2D eigenvalue weighted by molar-refractivity contribution is 5.99. The molecule has 0 saturated heterocycles. The summed E-state index contributed by atoms with van der Waals surface area (Å²) in [6.45, 7) is 4.24. The lowest BCUT2D eigenvalue weighted by molar-refractivity contribution is -0.125. The molecule has 1 aliphatic rings. The summed E-state index contributed by atoms with van der Waals surface area (Å²) < 4.78 is 5.67. The van der Waals surface area contributed by atoms with Crippen LogP contribution in [0, 0.1) is 6.92 Å². The highest BCUT2D eigenvalue weighted by Crippen LogP contribution is 2.36. The summed E-state index contributed by atoms with van der Waals surface area (Å²) in [6.07, 6.45) is -0.503. The van der Waals surface area contributed by atoms with E-state index in [9.17, 15) is 9.90 Å². The first kappa shape index (κ1) is 14.6. The number of carbonyl (C=O) groups excluding carboxylic acids is 1. The normalized spacial score (nSPS) is 17.1. The lowest BCUT2D eigenvalue weighted by Crippen LogP contribution is -2.44. The van der Waals surface area contributed by atoms with Crippen molar-refractivity contribution in [3.63, 3.8) is 0 Å². The molecule has 4 nitrogen and oxygen atoms in total. The predicted molar refractivity (Wildman–Crippen MR) is 84.8 cm³/mol. The molecule has 3 rings (SSSR count). The standard InChI is InChI=1S/C18H19NO3/c1-12-5-3-4-6-15(12)10-19-16-9-14(11-20)7-8-17(16)22-13(2)18(19)21/h3-9,13,20H,10-11H2,1-2H3. The van der Waals surface area contributed by atoms with Gasteiger partial charge >= 0.3 is 0 Å². The van der Waals surface area contributed by atoms with Gasteiger partial charge in [-0.1, -0.05) is 30.3 Å². The first-order valence-corrected chi connectivity index (χ1v) is 7.36. The van der Waals surface area contributed by atoms with Crippen molar-refractivity contribution in [2.45, 2.75) is 33.1 Å². The summed E-state index contributed by atoms with van der Waals surface area (Å²) in [6, 6.07) is 13.5. The van der Waals surface area contributed by atoms with Crippen LogP contribution in [0.25, 0.3) is 0 Å². The Hall–Kier alpha value is -2.33. The van der Waals surface area contributed by atoms with Crippen molar-refractivity contribution in [3.05, 3.63) is 59.2 Å². The van der Waals surface area contributed by atoms with E-state index in [0.717, 1.165) is 22.4 Å². The first-order valence-electron chi connectivity index (χ1n) is 7.36. The van der Waals surface area contributed by atoms with Gasteiger partial charge in [0.15, 0.2) is 6.10 Å². The molecular formula is C18H19NO3. The molecule has 0 radical (unpaired) electrons. The van der Waals surface area contributed by atoms with Crippen molar-refractivity contribution in [1.82, 2.24) is 0 Å². The third-order valence-electron chi connectivity index (χ3n) is 4.00. The molecule has 0 aliphatic carbocycles. The fraction of sp³-hybridized carbons (Fsp3) is 0.278. The van der Waals surface area contributed by atoms with Gasteiger partial charge in [0.1, 0.15) is 5.75 Å². The minimum Gasteiger partial charge on any atom is -0.479 e. The average molecular weight is 297 g/mol. The largest absolute Gasteiger partial charge is 0.479 e. The van der Waals surface area contributed by atoms with Crippen molar-refractivity contribution in [2.75, 3.05) is 4.90 Å². The molecule has 0 bridgehead atoms. The van der Waals surface area contributed by atoms with E-state index in [1.54, 1.807) is 11.8 Å². The number of ether oxygens (including phenoxy) is 1. The maximum absolute atomic E-state index is 12.5. The third kappa shape index (κ3) is 2.57. The monoisotopic (exact) mass is 297 g/mol. The Balaban J connectivity index is 2.02. The number of aryl methyl sites for hydroxylation is 1. The van der Waals surface area contributed by atoms with E-state index in [0.29, 0.717) is 12.3 Å². The number of carbonyl (C=O) groups is 1. The van der Waals surface area contributed by atoms with Crippen LogP contribution in [-0.2, 0) is 17.9 Å². The van der Waals surface area contributed by atoms with Crippen molar-refractivity contribution in [1.29, 1.82) is 0 Å². The number of aliphatic hydroxyl groups excluding tert-OH is 1. The van der Waals surface area contributed by atoms with Gasteiger partial charge < -0.3 is 14.7 Å². The zero-order valence-corrected chi connectivity index (χ0v) is 12.7. The van der Waals surface area contributed by atoms with E-state index < -0.39 is 6.10 Å². The molecule has 0 saturated carbocycles. The fourth-order valence-corrected chi connectivity index (χ4v) is 2.67. The zero-order chi connectivity index (χ0) is 15.7. The molecule has 114 valence electrons. The Bertz CT molecular complexity index is 711. The highest BCUT2D eigenvalue weighted by atomic mass is 16.5. The molecule has 0 spiro atoms. The minimum atomic E-state index is -0.503. The van der Waals surface area contributed by atoms with Crippen molar-refractivity contribution in [2.24, 2.45) is 0 Å². The summed E-state index contributed by atoms with van der Waals surface area (Å²) in [7, 11) is 0. The van der Waals surface area contributed by atoms with Crippen LogP contribution < -0.4 is 9.64 Å². The molecular weight excluding hydrogens is 278 g/mol. The summed E-state index contributed by atoms with van der Waals surface area (Å²) >= 11 is 0. The molecule has 2 aromatic carbocycles. The Morgan fingerprint density at radius 1 is 1.23 bits per heavy atom. The number of hydrogen-bond acceptors (Lipinski definition) is 3. The molecule has 22 heavy (non-hydrogen) atoms. The van der Waals surface area contributed by atoms with Crippen molar-refractivity contribution in [3.8, 4) is 5.75 Å². The minimum absolute atomic E-state index is 0.0603. The molecule has 2 aromatic rings. The van der Waals surface area contributed by atoms with E-state index >= 15 is 0 Å². The Kier molecular flexibility index (Phi) is 3.86. The van der Waals surface area contributed by atoms with E-state index in [4.69, 9.17) is 4.74 Å². The molecule has 0 aromatic heterocycles. The van der Waals surface area contributed by atoms with E-state index in [1.807, 2.05) is 49.4 Å². The van der Waals surface area contributed by atoms with Crippen LogP contribution in [0.4, 0.5) is 5.69 Å². The molecule has 4 heteroatoms. The number of rotatable bonds is 3. The Labute approximate surface area is 130 Å². The second kappa shape index (κ2) is 5.81. The van der Waals surface area contributed by atoms with Crippen molar-refractivity contribution < 1.29 is 14.6 Å². The Morgan fingerprint density at radius 3 is 2.73 bits per heavy atom. The third-order valence-corrected chi connectivity index (χ3v) is 4.00. The second-order valence-electron chi connectivity index (χ2n) is 5.57. The highest BCUT2D eigenvalue weighted by Gasteiger charge is 2.31. The van der Waals surface area contributed by atoms with E-state index in [1.165, 1.54) is 0 Å². The molecule has 1 N–H and O–H groups in total. The SMILES string of the molecule is Cc1ccccc1CN1C(=O)C(C)Oc2ccc(CO)cc21. The van der Waals surface area contributed by atoms with Gasteiger partial charge in [0.2, 0.25) is 0 Å². The van der Waals surface area contributed by atoms with Gasteiger partial charge in [-0.2, -0.15) is 0 Å². The molecule has 1 heterocycles. The molecule has 1 atom stereocenters. The number of aliphatic hydroxyl groups is 1. The number of amides is 1. The summed E-state index contributed by atoms with van der Waals surface area (Å²) in [4.78, 5) is 14.3. The fourth-order valence-electron chi connectivity index (χ4n) is 2.67. The van der Waals surface area contributed by atoms with Crippen molar-refractivity contribution >= 4 is 11.6 Å². The predicted octanol–water partition coefficient (Wildman–Crippen LogP) is 2.80. The zero-order valence-electron chi connectivity index (χ0n) is 12.7. The van der Waals surface area contributed by atoms with Gasteiger partial charge in [0, 0.05) is 0 Å². The van der Waals surface area contributed by atoms with Crippen LogP contribution in [0.2, 0.25) is 0 Å². The molecule has 0 fully saturated rings. The van der Waals surface area contributed by atoms with Gasteiger partial charge in [-0.3, -0.25) is 4.79 Å². The van der Waals surface area contributed by atoms with Gasteiger partial charge in [-0.05, 0) is 42.7 Å². The molecule has 1 aliphatic heterocycles. The van der Waals surface area contributed by atoms with Gasteiger partial charge in [-0.25, -0.2) is 0 Å². The topological polar surface area (TPSA) is 49.8 Å². The quantitative estimate of drug-likeness (QED) is 0.947. The lowest BCUT2D eigenvalue weighted by Gasteiger charge is -2.33. The van der Waals surface area contributed by atoms with Gasteiger partial charge in [0.25, 0.3) is 5.91 Å². The number of fused-ring (bicyclic) bond motifs is 1. The maximum Gasteiger partial charge on any atom is 0.268 e. The second-order valence-corrected chi connectivity index (χ2v) is 5.57. The van der Waals surface area contributed by atoms with Crippen LogP contribution >= 0.6 is 0 Å². The van der Waals surface area contributed by atoms with Crippen LogP contribution in [0.1, 0.15) is 23.6 Å². The maximum atomic E-state index is 12.5.